The van der Waals surface area contributed by atoms with Crippen LogP contribution in [0.3, 0.4) is 0 Å². The number of carbonyl (C=O) groups is 1. The molecule has 1 amide bonds. The molecule has 2 N–H and O–H groups in total. The minimum Gasteiger partial charge on any atom is -0.379 e. The Bertz CT molecular complexity index is 1270. The molecule has 0 atom stereocenters. The standard InChI is InChI=1S/C17H17N5O.C7H7ClN2/c23-11-20-16-7-14(5-6-18-16)19-8-15-10-22-9-13(12-1-2-12)3-4-17(22)21-15;8-6-3-7(5-1-2-5)10-9-4-6/h3-7,9-12H,1-2,8H2,(H2,18,19,20,23);3-5H,1-2H2. The Morgan fingerprint density at radius 3 is 2.70 bits per heavy atom. The van der Waals surface area contributed by atoms with Crippen molar-refractivity contribution >= 4 is 35.2 Å². The van der Waals surface area contributed by atoms with Crippen molar-refractivity contribution in [2.24, 2.45) is 0 Å². The summed E-state index contributed by atoms with van der Waals surface area (Å²) < 4.78 is 2.09. The molecule has 0 aromatic carbocycles. The van der Waals surface area contributed by atoms with Gasteiger partial charge in [0.15, 0.2) is 0 Å². The number of fused-ring (bicyclic) bond motifs is 1. The van der Waals surface area contributed by atoms with Crippen molar-refractivity contribution < 1.29 is 4.79 Å². The highest BCUT2D eigenvalue weighted by Gasteiger charge is 2.25. The summed E-state index contributed by atoms with van der Waals surface area (Å²) in [4.78, 5) is 19.1. The summed E-state index contributed by atoms with van der Waals surface area (Å²) in [6.45, 7) is 0.616. The summed E-state index contributed by atoms with van der Waals surface area (Å²) >= 11 is 5.71. The van der Waals surface area contributed by atoms with Crippen LogP contribution >= 0.6 is 11.6 Å². The summed E-state index contributed by atoms with van der Waals surface area (Å²) in [6.07, 6.45) is 13.2. The van der Waals surface area contributed by atoms with Crippen LogP contribution in [0.4, 0.5) is 11.5 Å². The van der Waals surface area contributed by atoms with Crippen LogP contribution in [-0.2, 0) is 11.3 Å². The molecule has 168 valence electrons. The average Bonchev–Trinajstić information content (AvgIpc) is 3.75. The second-order valence-electron chi connectivity index (χ2n) is 8.35. The van der Waals surface area contributed by atoms with Crippen molar-refractivity contribution in [3.8, 4) is 0 Å². The van der Waals surface area contributed by atoms with Gasteiger partial charge in [0.25, 0.3) is 0 Å². The maximum absolute atomic E-state index is 10.5. The second kappa shape index (κ2) is 9.54. The molecule has 2 aliphatic rings. The number of rotatable bonds is 7. The third-order valence-electron chi connectivity index (χ3n) is 5.65. The van der Waals surface area contributed by atoms with Crippen molar-refractivity contribution in [1.29, 1.82) is 0 Å². The fourth-order valence-electron chi connectivity index (χ4n) is 3.61. The zero-order chi connectivity index (χ0) is 22.6. The number of aromatic nitrogens is 5. The van der Waals surface area contributed by atoms with E-state index >= 15 is 0 Å². The monoisotopic (exact) mass is 461 g/mol. The fraction of sp³-hybridized carbons (Fsp3) is 0.292. The fourth-order valence-corrected chi connectivity index (χ4v) is 3.77. The molecule has 4 aromatic rings. The van der Waals surface area contributed by atoms with Crippen LogP contribution in [0.15, 0.2) is 55.1 Å². The maximum Gasteiger partial charge on any atom is 0.212 e. The summed E-state index contributed by atoms with van der Waals surface area (Å²) in [5.74, 6) is 1.91. The van der Waals surface area contributed by atoms with E-state index in [1.807, 2.05) is 12.1 Å². The number of carbonyl (C=O) groups excluding carboxylic acids is 1. The van der Waals surface area contributed by atoms with Crippen LogP contribution in [0, 0.1) is 0 Å². The van der Waals surface area contributed by atoms with Gasteiger partial charge < -0.3 is 15.0 Å². The van der Waals surface area contributed by atoms with E-state index in [0.717, 1.165) is 28.6 Å². The SMILES string of the molecule is Clc1cnnc(C2CC2)c1.O=CNc1cc(NCc2cn3cc(C4CC4)ccc3n2)ccn1. The summed E-state index contributed by atoms with van der Waals surface area (Å²) in [5.41, 5.74) is 5.27. The zero-order valence-corrected chi connectivity index (χ0v) is 18.7. The third-order valence-corrected chi connectivity index (χ3v) is 5.86. The summed E-state index contributed by atoms with van der Waals surface area (Å²) in [6, 6.07) is 9.80. The van der Waals surface area contributed by atoms with Gasteiger partial charge in [-0.3, -0.25) is 4.79 Å². The Kier molecular flexibility index (Phi) is 6.17. The van der Waals surface area contributed by atoms with Crippen LogP contribution in [0.5, 0.6) is 0 Å². The first-order chi connectivity index (χ1) is 16.2. The smallest absolute Gasteiger partial charge is 0.212 e. The molecule has 0 spiro atoms. The summed E-state index contributed by atoms with van der Waals surface area (Å²) in [7, 11) is 0. The van der Waals surface area contributed by atoms with Gasteiger partial charge in [0.05, 0.1) is 29.2 Å². The third kappa shape index (κ3) is 5.64. The van der Waals surface area contributed by atoms with Crippen LogP contribution < -0.4 is 10.6 Å². The molecular formula is C24H24ClN7O. The molecule has 33 heavy (non-hydrogen) atoms. The number of nitrogens with zero attached hydrogens (tertiary/aromatic N) is 5. The predicted molar refractivity (Wildman–Crippen MR) is 127 cm³/mol. The number of nitrogens with one attached hydrogen (secondary N) is 2. The largest absolute Gasteiger partial charge is 0.379 e. The number of imidazole rings is 1. The van der Waals surface area contributed by atoms with Crippen molar-refractivity contribution in [2.75, 3.05) is 10.6 Å². The van der Waals surface area contributed by atoms with E-state index < -0.39 is 0 Å². The number of anilines is 2. The van der Waals surface area contributed by atoms with E-state index in [0.29, 0.717) is 29.7 Å². The lowest BCUT2D eigenvalue weighted by Gasteiger charge is -2.05. The minimum atomic E-state index is 0.522. The first-order valence-corrected chi connectivity index (χ1v) is 11.4. The predicted octanol–water partition coefficient (Wildman–Crippen LogP) is 4.79. The lowest BCUT2D eigenvalue weighted by Crippen LogP contribution is -2.02. The Hall–Kier alpha value is -3.52. The number of halogens is 1. The Morgan fingerprint density at radius 1 is 1.09 bits per heavy atom. The molecule has 0 saturated heterocycles. The van der Waals surface area contributed by atoms with Gasteiger partial charge >= 0.3 is 0 Å². The van der Waals surface area contributed by atoms with E-state index in [1.165, 1.54) is 31.2 Å². The van der Waals surface area contributed by atoms with Gasteiger partial charge in [-0.2, -0.15) is 10.2 Å². The Morgan fingerprint density at radius 2 is 1.94 bits per heavy atom. The molecule has 2 aliphatic carbocycles. The quantitative estimate of drug-likeness (QED) is 0.384. The van der Waals surface area contributed by atoms with Gasteiger partial charge in [-0.25, -0.2) is 9.97 Å². The van der Waals surface area contributed by atoms with Crippen molar-refractivity contribution in [3.63, 3.8) is 0 Å². The highest BCUT2D eigenvalue weighted by molar-refractivity contribution is 6.30. The highest BCUT2D eigenvalue weighted by atomic mass is 35.5. The van der Waals surface area contributed by atoms with Gasteiger partial charge in [0.1, 0.15) is 11.5 Å². The normalized spacial score (nSPS) is 14.9. The highest BCUT2D eigenvalue weighted by Crippen LogP contribution is 2.40. The molecule has 0 aliphatic heterocycles. The Labute approximate surface area is 196 Å². The second-order valence-corrected chi connectivity index (χ2v) is 8.79. The zero-order valence-electron chi connectivity index (χ0n) is 18.0. The van der Waals surface area contributed by atoms with Crippen LogP contribution in [-0.4, -0.2) is 31.0 Å². The van der Waals surface area contributed by atoms with Crippen LogP contribution in [0.25, 0.3) is 5.65 Å². The molecule has 2 saturated carbocycles. The first kappa shape index (κ1) is 21.3. The van der Waals surface area contributed by atoms with Crippen LogP contribution in [0.2, 0.25) is 5.02 Å². The van der Waals surface area contributed by atoms with E-state index in [4.69, 9.17) is 11.6 Å². The molecular weight excluding hydrogens is 438 g/mol. The number of hydrogen-bond acceptors (Lipinski definition) is 6. The lowest BCUT2D eigenvalue weighted by atomic mass is 10.2. The number of amides is 1. The molecule has 6 rings (SSSR count). The maximum atomic E-state index is 10.5. The van der Waals surface area contributed by atoms with Crippen molar-refractivity contribution in [3.05, 3.63) is 77.1 Å². The van der Waals surface area contributed by atoms with Gasteiger partial charge in [-0.15, -0.1) is 0 Å². The summed E-state index contributed by atoms with van der Waals surface area (Å²) in [5, 5.41) is 14.3. The molecule has 4 aromatic heterocycles. The molecule has 8 nitrogen and oxygen atoms in total. The lowest BCUT2D eigenvalue weighted by molar-refractivity contribution is -0.105. The molecule has 2 fully saturated rings. The first-order valence-electron chi connectivity index (χ1n) is 11.0. The van der Waals surface area contributed by atoms with Crippen LogP contribution in [0.1, 0.15) is 54.5 Å². The molecule has 0 radical (unpaired) electrons. The van der Waals surface area contributed by atoms with Crippen molar-refractivity contribution in [2.45, 2.75) is 44.1 Å². The van der Waals surface area contributed by atoms with Gasteiger partial charge in [-0.05, 0) is 55.4 Å². The van der Waals surface area contributed by atoms with Gasteiger partial charge in [0, 0.05) is 36.3 Å². The van der Waals surface area contributed by atoms with Gasteiger partial charge in [0.2, 0.25) is 6.41 Å². The van der Waals surface area contributed by atoms with E-state index in [9.17, 15) is 4.79 Å². The molecule has 0 unspecified atom stereocenters. The van der Waals surface area contributed by atoms with Gasteiger partial charge in [-0.1, -0.05) is 17.7 Å². The molecule has 0 bridgehead atoms. The molecule has 9 heteroatoms. The van der Waals surface area contributed by atoms with E-state index in [-0.39, 0.29) is 0 Å². The van der Waals surface area contributed by atoms with E-state index in [1.54, 1.807) is 18.5 Å². The molecule has 4 heterocycles. The Balaban J connectivity index is 0.000000190. The average molecular weight is 462 g/mol. The van der Waals surface area contributed by atoms with E-state index in [2.05, 4.69) is 59.7 Å². The topological polar surface area (TPSA) is 97.1 Å². The van der Waals surface area contributed by atoms with Crippen molar-refractivity contribution in [1.82, 2.24) is 24.6 Å². The minimum absolute atomic E-state index is 0.522. The number of hydrogen-bond donors (Lipinski definition) is 2. The number of pyridine rings is 2.